The highest BCUT2D eigenvalue weighted by Crippen LogP contribution is 2.28. The molecule has 1 unspecified atom stereocenters. The summed E-state index contributed by atoms with van der Waals surface area (Å²) in [5.41, 5.74) is 4.72. The van der Waals surface area contributed by atoms with Gasteiger partial charge in [0.1, 0.15) is 5.75 Å². The van der Waals surface area contributed by atoms with E-state index in [1.54, 1.807) is 0 Å². The summed E-state index contributed by atoms with van der Waals surface area (Å²) in [4.78, 5) is 4.95. The Morgan fingerprint density at radius 3 is 2.50 bits per heavy atom. The van der Waals surface area contributed by atoms with Crippen LogP contribution in [0.1, 0.15) is 36.4 Å². The minimum atomic E-state index is -0.0787. The van der Waals surface area contributed by atoms with E-state index in [9.17, 15) is 0 Å². The van der Waals surface area contributed by atoms with Crippen molar-refractivity contribution in [2.24, 2.45) is 0 Å². The molecule has 0 amide bonds. The molecule has 0 aliphatic rings. The van der Waals surface area contributed by atoms with Crippen LogP contribution in [0.4, 0.5) is 0 Å². The van der Waals surface area contributed by atoms with E-state index in [2.05, 4.69) is 79.1 Å². The van der Waals surface area contributed by atoms with E-state index in [1.807, 2.05) is 18.2 Å². The maximum atomic E-state index is 6.37. The largest absolute Gasteiger partial charge is 0.483 e. The molecule has 4 rings (SSSR count). The SMILES string of the molecule is CCC(Oc1cccc(C)c1)c1nc2ccccc2n1CCc1ccccc1. The van der Waals surface area contributed by atoms with Crippen LogP contribution in [-0.4, -0.2) is 9.55 Å². The Kier molecular flexibility index (Phi) is 5.43. The maximum Gasteiger partial charge on any atom is 0.156 e. The molecule has 1 atom stereocenters. The zero-order valence-corrected chi connectivity index (χ0v) is 16.5. The first-order valence-corrected chi connectivity index (χ1v) is 9.97. The van der Waals surface area contributed by atoms with Crippen molar-refractivity contribution in [3.63, 3.8) is 0 Å². The Morgan fingerprint density at radius 1 is 0.929 bits per heavy atom. The van der Waals surface area contributed by atoms with E-state index in [1.165, 1.54) is 16.6 Å². The van der Waals surface area contributed by atoms with E-state index in [0.717, 1.165) is 36.5 Å². The number of fused-ring (bicyclic) bond motifs is 1. The van der Waals surface area contributed by atoms with E-state index in [4.69, 9.17) is 9.72 Å². The molecule has 0 saturated carbocycles. The first-order valence-electron chi connectivity index (χ1n) is 9.97. The molecule has 4 aromatic rings. The van der Waals surface area contributed by atoms with Gasteiger partial charge in [0, 0.05) is 6.54 Å². The summed E-state index contributed by atoms with van der Waals surface area (Å²) in [6.45, 7) is 5.12. The van der Waals surface area contributed by atoms with Crippen LogP contribution < -0.4 is 4.74 Å². The standard InChI is InChI=1S/C25H26N2O/c1-3-24(28-21-13-9-10-19(2)18-21)25-26-22-14-7-8-15-23(22)27(25)17-16-20-11-5-4-6-12-20/h4-15,18,24H,3,16-17H2,1-2H3. The fraction of sp³-hybridized carbons (Fsp3) is 0.240. The molecule has 0 aliphatic carbocycles. The third kappa shape index (κ3) is 3.94. The summed E-state index contributed by atoms with van der Waals surface area (Å²) in [7, 11) is 0. The number of ether oxygens (including phenoxy) is 1. The number of aryl methyl sites for hydroxylation is 3. The van der Waals surface area contributed by atoms with Gasteiger partial charge in [0.05, 0.1) is 11.0 Å². The topological polar surface area (TPSA) is 27.1 Å². The minimum absolute atomic E-state index is 0.0787. The van der Waals surface area contributed by atoms with Crippen LogP contribution in [0, 0.1) is 6.92 Å². The van der Waals surface area contributed by atoms with Crippen LogP contribution in [0.25, 0.3) is 11.0 Å². The fourth-order valence-corrected chi connectivity index (χ4v) is 3.63. The zero-order valence-electron chi connectivity index (χ0n) is 16.5. The van der Waals surface area contributed by atoms with Gasteiger partial charge in [0.2, 0.25) is 0 Å². The van der Waals surface area contributed by atoms with Crippen molar-refractivity contribution < 1.29 is 4.74 Å². The van der Waals surface area contributed by atoms with Crippen molar-refractivity contribution >= 4 is 11.0 Å². The molecule has 142 valence electrons. The molecule has 0 spiro atoms. The van der Waals surface area contributed by atoms with Gasteiger partial charge in [0.25, 0.3) is 0 Å². The van der Waals surface area contributed by atoms with Crippen LogP contribution in [0.15, 0.2) is 78.9 Å². The van der Waals surface area contributed by atoms with Crippen LogP contribution in [-0.2, 0) is 13.0 Å². The first-order chi connectivity index (χ1) is 13.7. The number of aromatic nitrogens is 2. The smallest absolute Gasteiger partial charge is 0.156 e. The van der Waals surface area contributed by atoms with Crippen molar-refractivity contribution in [1.29, 1.82) is 0 Å². The summed E-state index contributed by atoms with van der Waals surface area (Å²) >= 11 is 0. The minimum Gasteiger partial charge on any atom is -0.483 e. The molecule has 0 bridgehead atoms. The average molecular weight is 370 g/mol. The lowest BCUT2D eigenvalue weighted by Gasteiger charge is -2.19. The van der Waals surface area contributed by atoms with E-state index in [0.29, 0.717) is 0 Å². The predicted molar refractivity (Wildman–Crippen MR) is 115 cm³/mol. The van der Waals surface area contributed by atoms with Crippen molar-refractivity contribution in [2.75, 3.05) is 0 Å². The lowest BCUT2D eigenvalue weighted by atomic mass is 10.1. The number of imidazole rings is 1. The lowest BCUT2D eigenvalue weighted by Crippen LogP contribution is -2.15. The third-order valence-corrected chi connectivity index (χ3v) is 5.08. The van der Waals surface area contributed by atoms with Crippen LogP contribution in [0.3, 0.4) is 0 Å². The summed E-state index contributed by atoms with van der Waals surface area (Å²) in [6.07, 6.45) is 1.75. The highest BCUT2D eigenvalue weighted by atomic mass is 16.5. The van der Waals surface area contributed by atoms with Gasteiger partial charge in [-0.25, -0.2) is 4.98 Å². The Hall–Kier alpha value is -3.07. The van der Waals surface area contributed by atoms with Gasteiger partial charge in [-0.1, -0.05) is 61.5 Å². The van der Waals surface area contributed by atoms with Crippen LogP contribution in [0.2, 0.25) is 0 Å². The number of benzene rings is 3. The molecular weight excluding hydrogens is 344 g/mol. The maximum absolute atomic E-state index is 6.37. The monoisotopic (exact) mass is 370 g/mol. The quantitative estimate of drug-likeness (QED) is 0.392. The van der Waals surface area contributed by atoms with Gasteiger partial charge in [-0.3, -0.25) is 0 Å². The van der Waals surface area contributed by atoms with E-state index in [-0.39, 0.29) is 6.10 Å². The molecule has 0 saturated heterocycles. The normalized spacial score (nSPS) is 12.2. The van der Waals surface area contributed by atoms with E-state index >= 15 is 0 Å². The number of rotatable bonds is 7. The molecule has 3 heteroatoms. The summed E-state index contributed by atoms with van der Waals surface area (Å²) in [5, 5.41) is 0. The van der Waals surface area contributed by atoms with Gasteiger partial charge < -0.3 is 9.30 Å². The molecule has 1 heterocycles. The molecule has 28 heavy (non-hydrogen) atoms. The Morgan fingerprint density at radius 2 is 1.71 bits per heavy atom. The van der Waals surface area contributed by atoms with Crippen LogP contribution in [0.5, 0.6) is 5.75 Å². The summed E-state index contributed by atoms with van der Waals surface area (Å²) < 4.78 is 8.70. The molecular formula is C25H26N2O. The molecule has 0 fully saturated rings. The van der Waals surface area contributed by atoms with Gasteiger partial charge in [-0.05, 0) is 55.2 Å². The van der Waals surface area contributed by atoms with Crippen molar-refractivity contribution in [2.45, 2.75) is 39.3 Å². The average Bonchev–Trinajstić information content (AvgIpc) is 3.10. The molecule has 0 radical (unpaired) electrons. The number of hydrogen-bond donors (Lipinski definition) is 0. The lowest BCUT2D eigenvalue weighted by molar-refractivity contribution is 0.186. The molecule has 1 aromatic heterocycles. The van der Waals surface area contributed by atoms with Gasteiger partial charge in [0.15, 0.2) is 11.9 Å². The number of para-hydroxylation sites is 2. The van der Waals surface area contributed by atoms with Crippen molar-refractivity contribution in [3.8, 4) is 5.75 Å². The first kappa shape index (κ1) is 18.3. The molecule has 3 nitrogen and oxygen atoms in total. The Labute approximate surface area is 166 Å². The second-order valence-corrected chi connectivity index (χ2v) is 7.18. The summed E-state index contributed by atoms with van der Waals surface area (Å²) in [6, 6.07) is 27.2. The fourth-order valence-electron chi connectivity index (χ4n) is 3.63. The van der Waals surface area contributed by atoms with Gasteiger partial charge >= 0.3 is 0 Å². The number of nitrogens with zero attached hydrogens (tertiary/aromatic N) is 2. The van der Waals surface area contributed by atoms with Crippen molar-refractivity contribution in [1.82, 2.24) is 9.55 Å². The summed E-state index contributed by atoms with van der Waals surface area (Å²) in [5.74, 6) is 1.90. The second-order valence-electron chi connectivity index (χ2n) is 7.18. The number of hydrogen-bond acceptors (Lipinski definition) is 2. The van der Waals surface area contributed by atoms with E-state index < -0.39 is 0 Å². The second kappa shape index (κ2) is 8.30. The molecule has 0 aliphatic heterocycles. The molecule has 0 N–H and O–H groups in total. The highest BCUT2D eigenvalue weighted by molar-refractivity contribution is 5.76. The van der Waals surface area contributed by atoms with Gasteiger partial charge in [-0.15, -0.1) is 0 Å². The Bertz CT molecular complexity index is 1050. The van der Waals surface area contributed by atoms with Crippen LogP contribution >= 0.6 is 0 Å². The molecule has 3 aromatic carbocycles. The highest BCUT2D eigenvalue weighted by Gasteiger charge is 2.20. The predicted octanol–water partition coefficient (Wildman–Crippen LogP) is 6.12. The van der Waals surface area contributed by atoms with Gasteiger partial charge in [-0.2, -0.15) is 0 Å². The zero-order chi connectivity index (χ0) is 19.3. The third-order valence-electron chi connectivity index (χ3n) is 5.08. The Balaban J connectivity index is 1.68. The van der Waals surface area contributed by atoms with Crippen molar-refractivity contribution in [3.05, 3.63) is 95.8 Å².